The molecule has 2 unspecified atom stereocenters. The van der Waals surface area contributed by atoms with Gasteiger partial charge in [-0.3, -0.25) is 4.90 Å². The molecular weight excluding hydrogens is 244 g/mol. The van der Waals surface area contributed by atoms with Crippen LogP contribution in [0.1, 0.15) is 42.9 Å². The molecule has 2 nitrogen and oxygen atoms in total. The fourth-order valence-electron chi connectivity index (χ4n) is 3.49. The van der Waals surface area contributed by atoms with Crippen molar-refractivity contribution in [2.24, 2.45) is 5.92 Å². The second-order valence-electron chi connectivity index (χ2n) is 6.78. The molecule has 1 saturated carbocycles. The van der Waals surface area contributed by atoms with Crippen molar-refractivity contribution in [3.8, 4) is 0 Å². The monoisotopic (exact) mass is 272 g/mol. The summed E-state index contributed by atoms with van der Waals surface area (Å²) in [7, 11) is 0. The topological polar surface area (TPSA) is 15.3 Å². The molecule has 110 valence electrons. The number of aryl methyl sites for hydroxylation is 2. The average molecular weight is 272 g/mol. The molecule has 2 fully saturated rings. The number of nitrogens with one attached hydrogen (secondary N) is 1. The van der Waals surface area contributed by atoms with E-state index in [9.17, 15) is 0 Å². The van der Waals surface area contributed by atoms with Gasteiger partial charge in [0, 0.05) is 31.7 Å². The maximum Gasteiger partial charge on any atom is 0.0253 e. The fraction of sp³-hybridized carbons (Fsp3) is 0.667. The van der Waals surface area contributed by atoms with E-state index in [1.807, 2.05) is 0 Å². The number of hydrogen-bond acceptors (Lipinski definition) is 2. The van der Waals surface area contributed by atoms with Crippen LogP contribution in [-0.4, -0.2) is 30.1 Å². The van der Waals surface area contributed by atoms with Gasteiger partial charge in [-0.1, -0.05) is 30.7 Å². The number of rotatable bonds is 4. The van der Waals surface area contributed by atoms with Crippen molar-refractivity contribution < 1.29 is 0 Å². The van der Waals surface area contributed by atoms with Gasteiger partial charge in [0.2, 0.25) is 0 Å². The van der Waals surface area contributed by atoms with E-state index in [-0.39, 0.29) is 0 Å². The molecule has 1 aromatic carbocycles. The Kier molecular flexibility index (Phi) is 4.13. The van der Waals surface area contributed by atoms with E-state index in [0.29, 0.717) is 6.04 Å². The molecule has 0 spiro atoms. The van der Waals surface area contributed by atoms with Gasteiger partial charge in [0.15, 0.2) is 0 Å². The largest absolute Gasteiger partial charge is 0.311 e. The molecule has 3 rings (SSSR count). The van der Waals surface area contributed by atoms with E-state index >= 15 is 0 Å². The summed E-state index contributed by atoms with van der Waals surface area (Å²) in [5.74, 6) is 0.949. The minimum absolute atomic E-state index is 0.676. The number of hydrogen-bond donors (Lipinski definition) is 1. The molecule has 1 saturated heterocycles. The van der Waals surface area contributed by atoms with Gasteiger partial charge < -0.3 is 5.32 Å². The SMILES string of the molecule is CCC1CN(Cc2cc(C)ccc2C)C(C2CC2)CN1. The third-order valence-electron chi connectivity index (χ3n) is 5.08. The summed E-state index contributed by atoms with van der Waals surface area (Å²) >= 11 is 0. The van der Waals surface area contributed by atoms with Crippen LogP contribution in [0, 0.1) is 19.8 Å². The Morgan fingerprint density at radius 2 is 2.05 bits per heavy atom. The van der Waals surface area contributed by atoms with E-state index in [4.69, 9.17) is 0 Å². The summed E-state index contributed by atoms with van der Waals surface area (Å²) in [6, 6.07) is 8.32. The van der Waals surface area contributed by atoms with Crippen LogP contribution in [0.5, 0.6) is 0 Å². The van der Waals surface area contributed by atoms with Gasteiger partial charge in [0.25, 0.3) is 0 Å². The average Bonchev–Trinajstić information content (AvgIpc) is 3.27. The van der Waals surface area contributed by atoms with Gasteiger partial charge in [-0.25, -0.2) is 0 Å². The van der Waals surface area contributed by atoms with Crippen molar-refractivity contribution in [1.82, 2.24) is 10.2 Å². The predicted molar refractivity (Wildman–Crippen MR) is 84.9 cm³/mol. The molecule has 0 bridgehead atoms. The highest BCUT2D eigenvalue weighted by Crippen LogP contribution is 2.37. The Morgan fingerprint density at radius 1 is 1.25 bits per heavy atom. The molecule has 1 N–H and O–H groups in total. The molecule has 1 aliphatic heterocycles. The molecule has 1 heterocycles. The summed E-state index contributed by atoms with van der Waals surface area (Å²) in [5.41, 5.74) is 4.35. The smallest absolute Gasteiger partial charge is 0.0253 e. The van der Waals surface area contributed by atoms with Crippen molar-refractivity contribution in [2.45, 2.75) is 58.7 Å². The van der Waals surface area contributed by atoms with Crippen LogP contribution in [0.15, 0.2) is 18.2 Å². The number of nitrogens with zero attached hydrogens (tertiary/aromatic N) is 1. The number of piperazine rings is 1. The minimum atomic E-state index is 0.676. The Balaban J connectivity index is 1.76. The molecule has 0 aromatic heterocycles. The Bertz CT molecular complexity index is 464. The van der Waals surface area contributed by atoms with E-state index in [0.717, 1.165) is 18.5 Å². The molecular formula is C18H28N2. The summed E-state index contributed by atoms with van der Waals surface area (Å²) < 4.78 is 0. The first-order chi connectivity index (χ1) is 9.67. The molecule has 1 aromatic rings. The van der Waals surface area contributed by atoms with Gasteiger partial charge in [-0.2, -0.15) is 0 Å². The summed E-state index contributed by atoms with van der Waals surface area (Å²) in [6.45, 7) is 10.3. The van der Waals surface area contributed by atoms with Crippen molar-refractivity contribution in [2.75, 3.05) is 13.1 Å². The standard InChI is InChI=1S/C18H28N2/c1-4-17-12-20(18(10-19-17)15-7-8-15)11-16-9-13(2)5-6-14(16)3/h5-6,9,15,17-19H,4,7-8,10-12H2,1-3H3. The highest BCUT2D eigenvalue weighted by Gasteiger charge is 2.38. The van der Waals surface area contributed by atoms with Crippen molar-refractivity contribution in [3.63, 3.8) is 0 Å². The second kappa shape index (κ2) is 5.87. The van der Waals surface area contributed by atoms with E-state index in [1.54, 1.807) is 0 Å². The van der Waals surface area contributed by atoms with Crippen molar-refractivity contribution >= 4 is 0 Å². The maximum atomic E-state index is 3.74. The van der Waals surface area contributed by atoms with E-state index < -0.39 is 0 Å². The number of benzene rings is 1. The lowest BCUT2D eigenvalue weighted by molar-refractivity contribution is 0.106. The van der Waals surface area contributed by atoms with Crippen LogP contribution < -0.4 is 5.32 Å². The molecule has 0 amide bonds. The summed E-state index contributed by atoms with van der Waals surface area (Å²) in [5, 5.41) is 3.74. The van der Waals surface area contributed by atoms with Crippen LogP contribution in [-0.2, 0) is 6.54 Å². The lowest BCUT2D eigenvalue weighted by atomic mass is 10.00. The molecule has 2 atom stereocenters. The third-order valence-corrected chi connectivity index (χ3v) is 5.08. The first-order valence-electron chi connectivity index (χ1n) is 8.21. The highest BCUT2D eigenvalue weighted by atomic mass is 15.2. The van der Waals surface area contributed by atoms with E-state index in [1.165, 1.54) is 49.0 Å². The predicted octanol–water partition coefficient (Wildman–Crippen LogP) is 3.27. The fourth-order valence-corrected chi connectivity index (χ4v) is 3.49. The Morgan fingerprint density at radius 3 is 2.75 bits per heavy atom. The van der Waals surface area contributed by atoms with E-state index in [2.05, 4.69) is 49.2 Å². The second-order valence-corrected chi connectivity index (χ2v) is 6.78. The molecule has 20 heavy (non-hydrogen) atoms. The molecule has 2 heteroatoms. The van der Waals surface area contributed by atoms with Crippen LogP contribution in [0.3, 0.4) is 0 Å². The molecule has 1 aliphatic carbocycles. The first-order valence-corrected chi connectivity index (χ1v) is 8.21. The van der Waals surface area contributed by atoms with Gasteiger partial charge >= 0.3 is 0 Å². The van der Waals surface area contributed by atoms with Gasteiger partial charge in [-0.15, -0.1) is 0 Å². The van der Waals surface area contributed by atoms with Crippen LogP contribution in [0.2, 0.25) is 0 Å². The molecule has 0 radical (unpaired) electrons. The third kappa shape index (κ3) is 3.07. The first kappa shape index (κ1) is 14.1. The van der Waals surface area contributed by atoms with Crippen LogP contribution in [0.25, 0.3) is 0 Å². The lowest BCUT2D eigenvalue weighted by Gasteiger charge is -2.41. The zero-order valence-electron chi connectivity index (χ0n) is 13.2. The quantitative estimate of drug-likeness (QED) is 0.905. The van der Waals surface area contributed by atoms with Crippen molar-refractivity contribution in [1.29, 1.82) is 0 Å². The zero-order valence-corrected chi connectivity index (χ0v) is 13.2. The van der Waals surface area contributed by atoms with Gasteiger partial charge in [0.1, 0.15) is 0 Å². The molecule has 2 aliphatic rings. The Labute approximate surface area is 123 Å². The Hall–Kier alpha value is -0.860. The highest BCUT2D eigenvalue weighted by molar-refractivity contribution is 5.30. The van der Waals surface area contributed by atoms with Crippen molar-refractivity contribution in [3.05, 3.63) is 34.9 Å². The van der Waals surface area contributed by atoms with Crippen LogP contribution >= 0.6 is 0 Å². The van der Waals surface area contributed by atoms with Crippen LogP contribution in [0.4, 0.5) is 0 Å². The van der Waals surface area contributed by atoms with Gasteiger partial charge in [-0.05, 0) is 50.2 Å². The maximum absolute atomic E-state index is 3.74. The van der Waals surface area contributed by atoms with Gasteiger partial charge in [0.05, 0.1) is 0 Å². The zero-order chi connectivity index (χ0) is 14.1. The minimum Gasteiger partial charge on any atom is -0.311 e. The normalized spacial score (nSPS) is 27.8. The lowest BCUT2D eigenvalue weighted by Crippen LogP contribution is -2.56. The summed E-state index contributed by atoms with van der Waals surface area (Å²) in [4.78, 5) is 2.75. The summed E-state index contributed by atoms with van der Waals surface area (Å²) in [6.07, 6.45) is 4.11.